The van der Waals surface area contributed by atoms with Crippen molar-refractivity contribution in [1.29, 1.82) is 0 Å². The van der Waals surface area contributed by atoms with Crippen LogP contribution in [0.2, 0.25) is 0 Å². The molecule has 0 unspecified atom stereocenters. The van der Waals surface area contributed by atoms with Gasteiger partial charge in [-0.05, 0) is 36.1 Å². The van der Waals surface area contributed by atoms with Gasteiger partial charge < -0.3 is 19.1 Å². The minimum absolute atomic E-state index is 0.266. The molecular formula is C17H21NO5. The van der Waals surface area contributed by atoms with E-state index in [-0.39, 0.29) is 6.42 Å². The zero-order valence-corrected chi connectivity index (χ0v) is 13.7. The number of benzene rings is 1. The van der Waals surface area contributed by atoms with Crippen LogP contribution in [0.15, 0.2) is 12.1 Å². The molecule has 0 radical (unpaired) electrons. The Bertz CT molecular complexity index is 639. The summed E-state index contributed by atoms with van der Waals surface area (Å²) in [6, 6.07) is 3.94. The topological polar surface area (TPSA) is 65.1 Å². The van der Waals surface area contributed by atoms with Gasteiger partial charge in [-0.2, -0.15) is 0 Å². The zero-order chi connectivity index (χ0) is 16.6. The molecule has 0 saturated carbocycles. The lowest BCUT2D eigenvalue weighted by Gasteiger charge is -2.44. The lowest BCUT2D eigenvalue weighted by Crippen LogP contribution is -2.55. The molecule has 2 aliphatic rings. The maximum atomic E-state index is 12.4. The van der Waals surface area contributed by atoms with Gasteiger partial charge in [0.1, 0.15) is 5.75 Å². The highest BCUT2D eigenvalue weighted by atomic mass is 16.5. The fraction of sp³-hybridized carbons (Fsp3) is 0.529. The number of hydrogen-bond donors (Lipinski definition) is 0. The van der Waals surface area contributed by atoms with E-state index in [0.29, 0.717) is 6.54 Å². The average Bonchev–Trinajstić information content (AvgIpc) is 2.59. The molecule has 2 aliphatic heterocycles. The lowest BCUT2D eigenvalue weighted by molar-refractivity contribution is -0.168. The van der Waals surface area contributed by atoms with E-state index in [0.717, 1.165) is 36.4 Å². The molecule has 0 amide bonds. The minimum Gasteiger partial charge on any atom is -0.497 e. The minimum atomic E-state index is -1.32. The smallest absolute Gasteiger partial charge is 0.325 e. The number of aryl methyl sites for hydroxylation is 1. The second-order valence-corrected chi connectivity index (χ2v) is 6.06. The van der Waals surface area contributed by atoms with E-state index in [4.69, 9.17) is 14.2 Å². The summed E-state index contributed by atoms with van der Waals surface area (Å²) < 4.78 is 15.2. The Kier molecular flexibility index (Phi) is 3.92. The lowest BCUT2D eigenvalue weighted by atomic mass is 9.75. The molecular weight excluding hydrogens is 298 g/mol. The van der Waals surface area contributed by atoms with Gasteiger partial charge in [-0.1, -0.05) is 0 Å². The molecule has 124 valence electrons. The molecule has 0 aromatic heterocycles. The zero-order valence-electron chi connectivity index (χ0n) is 13.7. The molecule has 0 fully saturated rings. The summed E-state index contributed by atoms with van der Waals surface area (Å²) in [5.74, 6) is -0.360. The first-order chi connectivity index (χ1) is 11.1. The average molecular weight is 319 g/mol. The Balaban J connectivity index is 2.14. The highest BCUT2D eigenvalue weighted by Crippen LogP contribution is 2.44. The van der Waals surface area contributed by atoms with Crippen molar-refractivity contribution in [2.75, 3.05) is 39.3 Å². The van der Waals surface area contributed by atoms with Crippen molar-refractivity contribution in [1.82, 2.24) is 0 Å². The number of rotatable bonds is 3. The number of carbonyl (C=O) groups excluding carboxylic acids is 2. The molecule has 0 aliphatic carbocycles. The van der Waals surface area contributed by atoms with Crippen molar-refractivity contribution >= 4 is 17.6 Å². The first kappa shape index (κ1) is 15.6. The van der Waals surface area contributed by atoms with Gasteiger partial charge >= 0.3 is 11.9 Å². The molecule has 3 rings (SSSR count). The third kappa shape index (κ3) is 2.33. The Morgan fingerprint density at radius 1 is 1.09 bits per heavy atom. The van der Waals surface area contributed by atoms with Crippen molar-refractivity contribution in [3.8, 4) is 5.75 Å². The Labute approximate surface area is 135 Å². The van der Waals surface area contributed by atoms with Crippen LogP contribution in [-0.4, -0.2) is 46.4 Å². The molecule has 0 bridgehead atoms. The highest BCUT2D eigenvalue weighted by molar-refractivity contribution is 6.02. The second-order valence-electron chi connectivity index (χ2n) is 6.06. The van der Waals surface area contributed by atoms with Gasteiger partial charge in [0, 0.05) is 25.2 Å². The fourth-order valence-electron chi connectivity index (χ4n) is 3.76. The van der Waals surface area contributed by atoms with E-state index in [1.54, 1.807) is 7.11 Å². The van der Waals surface area contributed by atoms with Crippen LogP contribution in [0.25, 0.3) is 0 Å². The van der Waals surface area contributed by atoms with E-state index >= 15 is 0 Å². The van der Waals surface area contributed by atoms with Crippen LogP contribution in [0.1, 0.15) is 17.5 Å². The maximum absolute atomic E-state index is 12.4. The van der Waals surface area contributed by atoms with Crippen LogP contribution in [-0.2, 0) is 31.9 Å². The molecule has 6 heteroatoms. The van der Waals surface area contributed by atoms with Gasteiger partial charge in [0.05, 0.1) is 21.3 Å². The Morgan fingerprint density at radius 3 is 2.35 bits per heavy atom. The molecule has 1 aromatic rings. The molecule has 23 heavy (non-hydrogen) atoms. The van der Waals surface area contributed by atoms with Gasteiger partial charge in [-0.15, -0.1) is 0 Å². The summed E-state index contributed by atoms with van der Waals surface area (Å²) in [5, 5.41) is 0. The summed E-state index contributed by atoms with van der Waals surface area (Å²) in [6.45, 7) is 1.10. The summed E-state index contributed by atoms with van der Waals surface area (Å²) in [4.78, 5) is 27.0. The Morgan fingerprint density at radius 2 is 1.74 bits per heavy atom. The summed E-state index contributed by atoms with van der Waals surface area (Å²) in [5.41, 5.74) is 1.94. The first-order valence-electron chi connectivity index (χ1n) is 7.67. The fourth-order valence-corrected chi connectivity index (χ4v) is 3.76. The van der Waals surface area contributed by atoms with E-state index in [2.05, 4.69) is 4.90 Å². The molecule has 2 heterocycles. The summed E-state index contributed by atoms with van der Waals surface area (Å²) >= 11 is 0. The number of nitrogens with zero attached hydrogens (tertiary/aromatic N) is 1. The summed E-state index contributed by atoms with van der Waals surface area (Å²) in [7, 11) is 4.22. The number of methoxy groups -OCH3 is 3. The number of hydrogen-bond acceptors (Lipinski definition) is 6. The summed E-state index contributed by atoms with van der Waals surface area (Å²) in [6.07, 6.45) is 2.21. The number of anilines is 1. The van der Waals surface area contributed by atoms with Crippen LogP contribution < -0.4 is 9.64 Å². The predicted octanol–water partition coefficient (Wildman–Crippen LogP) is 1.34. The molecule has 0 saturated heterocycles. The normalized spacial score (nSPS) is 18.0. The third-order valence-electron chi connectivity index (χ3n) is 4.77. The standard InChI is InChI=1S/C17H21NO5/c1-21-13-7-11-5-4-6-18-10-17(15(19)22-2,16(20)23-3)9-12(8-13)14(11)18/h7-8H,4-6,9-10H2,1-3H3. The molecule has 0 N–H and O–H groups in total. The van der Waals surface area contributed by atoms with Crippen LogP contribution in [0.4, 0.5) is 5.69 Å². The molecule has 6 nitrogen and oxygen atoms in total. The molecule has 1 aromatic carbocycles. The number of ether oxygens (including phenoxy) is 3. The van der Waals surface area contributed by atoms with Gasteiger partial charge in [0.2, 0.25) is 0 Å². The van der Waals surface area contributed by atoms with Crippen molar-refractivity contribution < 1.29 is 23.8 Å². The highest BCUT2D eigenvalue weighted by Gasteiger charge is 2.53. The number of carbonyl (C=O) groups is 2. The van der Waals surface area contributed by atoms with E-state index in [9.17, 15) is 9.59 Å². The van der Waals surface area contributed by atoms with Crippen LogP contribution in [0.3, 0.4) is 0 Å². The van der Waals surface area contributed by atoms with E-state index in [1.165, 1.54) is 19.8 Å². The van der Waals surface area contributed by atoms with Crippen LogP contribution in [0, 0.1) is 5.41 Å². The van der Waals surface area contributed by atoms with Gasteiger partial charge in [-0.3, -0.25) is 9.59 Å². The van der Waals surface area contributed by atoms with Crippen molar-refractivity contribution in [3.63, 3.8) is 0 Å². The molecule has 0 atom stereocenters. The quantitative estimate of drug-likeness (QED) is 0.619. The maximum Gasteiger partial charge on any atom is 0.325 e. The van der Waals surface area contributed by atoms with Gasteiger partial charge in [-0.25, -0.2) is 0 Å². The third-order valence-corrected chi connectivity index (χ3v) is 4.77. The second kappa shape index (κ2) is 5.76. The Hall–Kier alpha value is -2.24. The predicted molar refractivity (Wildman–Crippen MR) is 83.7 cm³/mol. The van der Waals surface area contributed by atoms with Crippen LogP contribution >= 0.6 is 0 Å². The largest absolute Gasteiger partial charge is 0.497 e. The van der Waals surface area contributed by atoms with Crippen molar-refractivity contribution in [2.45, 2.75) is 19.3 Å². The van der Waals surface area contributed by atoms with Crippen LogP contribution in [0.5, 0.6) is 5.75 Å². The van der Waals surface area contributed by atoms with Crippen molar-refractivity contribution in [2.24, 2.45) is 5.41 Å². The SMILES string of the molecule is COC(=O)C1(C(=O)OC)Cc2cc(OC)cc3c2N(CCC3)C1. The van der Waals surface area contributed by atoms with Gasteiger partial charge in [0.25, 0.3) is 0 Å². The first-order valence-corrected chi connectivity index (χ1v) is 7.67. The van der Waals surface area contributed by atoms with Gasteiger partial charge in [0.15, 0.2) is 5.41 Å². The monoisotopic (exact) mass is 319 g/mol. The van der Waals surface area contributed by atoms with Crippen molar-refractivity contribution in [3.05, 3.63) is 23.3 Å². The van der Waals surface area contributed by atoms with E-state index < -0.39 is 17.4 Å². The molecule has 0 spiro atoms. The number of esters is 2. The van der Waals surface area contributed by atoms with E-state index in [1.807, 2.05) is 12.1 Å².